The van der Waals surface area contributed by atoms with Crippen molar-refractivity contribution in [2.45, 2.75) is 109 Å². The van der Waals surface area contributed by atoms with Crippen LogP contribution in [0.2, 0.25) is 0 Å². The van der Waals surface area contributed by atoms with Crippen LogP contribution in [0.4, 0.5) is 4.79 Å². The number of allylic oxidation sites excluding steroid dienone is 1. The molecular weight excluding hydrogens is 540 g/mol. The van der Waals surface area contributed by atoms with E-state index in [-0.39, 0.29) is 42.8 Å². The third kappa shape index (κ3) is 7.83. The number of aliphatic hydroxyl groups is 1. The van der Waals surface area contributed by atoms with Crippen molar-refractivity contribution in [3.05, 3.63) is 47.8 Å². The SMILES string of the molecule is C/C1=C\[C@@H](C)[C@@H]([C@@H](C)O)OC(=O)CCC2C=CCC[C@]12OC[C@H](OC(=O)c1ccc[nH]1)[C@H](C)[C@H](C)OC(=O)NC1CC1. The summed E-state index contributed by atoms with van der Waals surface area (Å²) < 4.78 is 24.2. The van der Waals surface area contributed by atoms with Crippen LogP contribution < -0.4 is 5.32 Å². The van der Waals surface area contributed by atoms with Crippen LogP contribution in [0, 0.1) is 17.8 Å². The quantitative estimate of drug-likeness (QED) is 0.201. The number of cyclic esters (lactones) is 1. The van der Waals surface area contributed by atoms with Crippen LogP contribution in [0.15, 0.2) is 42.1 Å². The predicted molar refractivity (Wildman–Crippen MR) is 156 cm³/mol. The Labute approximate surface area is 248 Å². The van der Waals surface area contributed by atoms with Gasteiger partial charge in [-0.1, -0.05) is 32.1 Å². The lowest BCUT2D eigenvalue weighted by molar-refractivity contribution is -0.159. The number of H-pyrrole nitrogens is 1. The monoisotopic (exact) mass is 586 g/mol. The molecule has 0 saturated heterocycles. The highest BCUT2D eigenvalue weighted by molar-refractivity contribution is 5.87. The first-order valence-corrected chi connectivity index (χ1v) is 15.2. The molecule has 2 aliphatic carbocycles. The standard InChI is InChI=1S/C32H46N2O8/c1-19-17-20(2)32(15-7-6-9-24(32)11-14-28(36)42-29(19)22(4)35)39-18-27(41-30(37)26-10-8-16-33-26)21(3)23(5)40-31(38)34-25-12-13-25/h6,8-10,16-17,19,21-25,27,29,33,35H,7,11-15,18H2,1-5H3,(H,34,38)/b20-17+/t19-,21-,22-,23+,24?,27+,29+,32+/m1/s1. The van der Waals surface area contributed by atoms with E-state index in [1.165, 1.54) is 0 Å². The maximum atomic E-state index is 13.1. The van der Waals surface area contributed by atoms with Crippen LogP contribution in [-0.2, 0) is 23.7 Å². The first-order chi connectivity index (χ1) is 20.0. The first kappa shape index (κ1) is 31.8. The van der Waals surface area contributed by atoms with Crippen LogP contribution in [0.25, 0.3) is 0 Å². The molecule has 1 aromatic heterocycles. The van der Waals surface area contributed by atoms with Crippen LogP contribution in [-0.4, -0.2) is 70.8 Å². The van der Waals surface area contributed by atoms with Gasteiger partial charge in [0.2, 0.25) is 0 Å². The topological polar surface area (TPSA) is 136 Å². The van der Waals surface area contributed by atoms with Crippen molar-refractivity contribution in [1.82, 2.24) is 10.3 Å². The molecule has 3 aliphatic rings. The Morgan fingerprint density at radius 3 is 2.64 bits per heavy atom. The van der Waals surface area contributed by atoms with Crippen molar-refractivity contribution < 1.29 is 38.4 Å². The number of nitrogens with one attached hydrogen (secondary N) is 2. The average molecular weight is 587 g/mol. The highest BCUT2D eigenvalue weighted by Gasteiger charge is 2.44. The van der Waals surface area contributed by atoms with Crippen LogP contribution >= 0.6 is 0 Å². The lowest BCUT2D eigenvalue weighted by Crippen LogP contribution is -2.48. The molecule has 1 unspecified atom stereocenters. The second-order valence-electron chi connectivity index (χ2n) is 12.1. The minimum absolute atomic E-state index is 0.0553. The lowest BCUT2D eigenvalue weighted by atomic mass is 9.71. The largest absolute Gasteiger partial charge is 0.459 e. The summed E-state index contributed by atoms with van der Waals surface area (Å²) in [6, 6.07) is 3.52. The van der Waals surface area contributed by atoms with Gasteiger partial charge in [0.05, 0.1) is 18.3 Å². The van der Waals surface area contributed by atoms with E-state index in [2.05, 4.69) is 22.5 Å². The summed E-state index contributed by atoms with van der Waals surface area (Å²) >= 11 is 0. The molecule has 0 radical (unpaired) electrons. The number of aliphatic hydroxyl groups excluding tert-OH is 1. The summed E-state index contributed by atoms with van der Waals surface area (Å²) in [4.78, 5) is 41.0. The van der Waals surface area contributed by atoms with Crippen molar-refractivity contribution in [3.63, 3.8) is 0 Å². The van der Waals surface area contributed by atoms with Crippen molar-refractivity contribution in [2.24, 2.45) is 17.8 Å². The predicted octanol–water partition coefficient (Wildman–Crippen LogP) is 4.84. The number of esters is 2. The Kier molecular flexibility index (Phi) is 10.5. The van der Waals surface area contributed by atoms with E-state index < -0.39 is 42.1 Å². The Hall–Kier alpha value is -3.11. The summed E-state index contributed by atoms with van der Waals surface area (Å²) in [5, 5.41) is 13.2. The molecule has 2 heterocycles. The van der Waals surface area contributed by atoms with Gasteiger partial charge in [0.25, 0.3) is 0 Å². The molecule has 0 bridgehead atoms. The van der Waals surface area contributed by atoms with E-state index in [0.717, 1.165) is 24.8 Å². The number of hydrogen-bond donors (Lipinski definition) is 3. The zero-order valence-corrected chi connectivity index (χ0v) is 25.3. The molecule has 1 amide bonds. The lowest BCUT2D eigenvalue weighted by Gasteiger charge is -2.45. The first-order valence-electron chi connectivity index (χ1n) is 15.2. The highest BCUT2D eigenvalue weighted by atomic mass is 16.6. The van der Waals surface area contributed by atoms with E-state index >= 15 is 0 Å². The van der Waals surface area contributed by atoms with E-state index in [4.69, 9.17) is 18.9 Å². The van der Waals surface area contributed by atoms with Crippen LogP contribution in [0.3, 0.4) is 0 Å². The minimum atomic E-state index is -0.831. The van der Waals surface area contributed by atoms with Gasteiger partial charge in [-0.15, -0.1) is 0 Å². The Morgan fingerprint density at radius 2 is 1.98 bits per heavy atom. The molecule has 0 spiro atoms. The summed E-state index contributed by atoms with van der Waals surface area (Å²) in [6.07, 6.45) is 8.65. The summed E-state index contributed by atoms with van der Waals surface area (Å²) in [6.45, 7) is 9.28. The smallest absolute Gasteiger partial charge is 0.407 e. The van der Waals surface area contributed by atoms with Gasteiger partial charge < -0.3 is 34.4 Å². The summed E-state index contributed by atoms with van der Waals surface area (Å²) in [7, 11) is 0. The molecule has 3 N–H and O–H groups in total. The van der Waals surface area contributed by atoms with Gasteiger partial charge in [0.15, 0.2) is 0 Å². The molecule has 1 aromatic rings. The molecular formula is C32H46N2O8. The number of aromatic amines is 1. The van der Waals surface area contributed by atoms with E-state index in [1.807, 2.05) is 26.8 Å². The van der Waals surface area contributed by atoms with Gasteiger partial charge in [-0.25, -0.2) is 9.59 Å². The van der Waals surface area contributed by atoms with E-state index in [9.17, 15) is 19.5 Å². The van der Waals surface area contributed by atoms with Gasteiger partial charge in [-0.2, -0.15) is 0 Å². The molecule has 4 rings (SSSR count). The van der Waals surface area contributed by atoms with Gasteiger partial charge in [-0.3, -0.25) is 4.79 Å². The fraction of sp³-hybridized carbons (Fsp3) is 0.656. The Morgan fingerprint density at radius 1 is 1.21 bits per heavy atom. The van der Waals surface area contributed by atoms with Crippen molar-refractivity contribution in [1.29, 1.82) is 0 Å². The number of ether oxygens (including phenoxy) is 4. The van der Waals surface area contributed by atoms with Gasteiger partial charge in [0, 0.05) is 36.4 Å². The zero-order valence-electron chi connectivity index (χ0n) is 25.3. The summed E-state index contributed by atoms with van der Waals surface area (Å²) in [5.74, 6) is -1.63. The molecule has 232 valence electrons. The Bertz CT molecular complexity index is 1140. The van der Waals surface area contributed by atoms with Crippen molar-refractivity contribution in [2.75, 3.05) is 6.61 Å². The molecule has 42 heavy (non-hydrogen) atoms. The van der Waals surface area contributed by atoms with Gasteiger partial charge in [-0.05, 0) is 70.6 Å². The number of amides is 1. The number of rotatable bonds is 10. The number of aromatic nitrogens is 1. The molecule has 8 atom stereocenters. The summed E-state index contributed by atoms with van der Waals surface area (Å²) in [5.41, 5.74) is 0.534. The van der Waals surface area contributed by atoms with Crippen LogP contribution in [0.1, 0.15) is 83.6 Å². The third-order valence-electron chi connectivity index (χ3n) is 8.85. The zero-order chi connectivity index (χ0) is 30.4. The van der Waals surface area contributed by atoms with Gasteiger partial charge in [0.1, 0.15) is 24.0 Å². The second kappa shape index (κ2) is 13.9. The molecule has 10 heteroatoms. The second-order valence-corrected chi connectivity index (χ2v) is 12.1. The van der Waals surface area contributed by atoms with Crippen molar-refractivity contribution >= 4 is 18.0 Å². The van der Waals surface area contributed by atoms with Gasteiger partial charge >= 0.3 is 18.0 Å². The number of carbonyl (C=O) groups is 3. The number of alkyl carbamates (subject to hydrolysis) is 1. The van der Waals surface area contributed by atoms with E-state index in [1.54, 1.807) is 32.2 Å². The van der Waals surface area contributed by atoms with Crippen LogP contribution in [0.5, 0.6) is 0 Å². The molecule has 1 aliphatic heterocycles. The molecule has 10 nitrogen and oxygen atoms in total. The maximum absolute atomic E-state index is 13.1. The molecule has 1 saturated carbocycles. The van der Waals surface area contributed by atoms with E-state index in [0.29, 0.717) is 18.5 Å². The fourth-order valence-corrected chi connectivity index (χ4v) is 5.96. The molecule has 1 fully saturated rings. The average Bonchev–Trinajstić information content (AvgIpc) is 3.58. The third-order valence-corrected chi connectivity index (χ3v) is 8.85. The van der Waals surface area contributed by atoms with Crippen molar-refractivity contribution in [3.8, 4) is 0 Å². The number of carbonyl (C=O) groups excluding carboxylic acids is 3. The Balaban J connectivity index is 1.60. The maximum Gasteiger partial charge on any atom is 0.407 e. The fourth-order valence-electron chi connectivity index (χ4n) is 5.96. The number of fused-ring (bicyclic) bond motifs is 1. The normalized spacial score (nSPS) is 30.4. The highest BCUT2D eigenvalue weighted by Crippen LogP contribution is 2.43. The molecule has 0 aromatic carbocycles. The minimum Gasteiger partial charge on any atom is -0.459 e. The number of hydrogen-bond acceptors (Lipinski definition) is 8.